The lowest BCUT2D eigenvalue weighted by Gasteiger charge is -2.06. The Morgan fingerprint density at radius 1 is 1.44 bits per heavy atom. The van der Waals surface area contributed by atoms with Crippen molar-refractivity contribution in [3.63, 3.8) is 0 Å². The number of anilines is 1. The van der Waals surface area contributed by atoms with Crippen LogP contribution in [0.15, 0.2) is 23.1 Å². The van der Waals surface area contributed by atoms with Crippen LogP contribution >= 0.6 is 23.4 Å². The van der Waals surface area contributed by atoms with Crippen LogP contribution in [0.25, 0.3) is 0 Å². The van der Waals surface area contributed by atoms with Crippen molar-refractivity contribution in [1.82, 2.24) is 10.6 Å². The monoisotopic (exact) mass is 287 g/mol. The molecule has 0 spiro atoms. The summed E-state index contributed by atoms with van der Waals surface area (Å²) in [5.74, 6) is 0.212. The number of nitrogen functional groups attached to an aromatic ring is 1. The van der Waals surface area contributed by atoms with E-state index in [-0.39, 0.29) is 12.3 Å². The Morgan fingerprint density at radius 2 is 2.17 bits per heavy atom. The minimum absolute atomic E-state index is 0.236. The van der Waals surface area contributed by atoms with Crippen LogP contribution in [-0.2, 0) is 4.79 Å². The summed E-state index contributed by atoms with van der Waals surface area (Å²) in [5.41, 5.74) is 6.35. The first-order chi connectivity index (χ1) is 8.52. The number of rotatable bonds is 4. The number of thioether (sulfide) groups is 1. The quantitative estimate of drug-likeness (QED) is 0.583. The third-order valence-corrected chi connectivity index (χ3v) is 3.36. The van der Waals surface area contributed by atoms with Gasteiger partial charge >= 0.3 is 6.03 Å². The van der Waals surface area contributed by atoms with Gasteiger partial charge in [-0.05, 0) is 18.2 Å². The number of halogens is 1. The van der Waals surface area contributed by atoms with E-state index >= 15 is 0 Å². The van der Waals surface area contributed by atoms with Gasteiger partial charge in [0, 0.05) is 34.8 Å². The van der Waals surface area contributed by atoms with E-state index < -0.39 is 6.03 Å². The summed E-state index contributed by atoms with van der Waals surface area (Å²) in [5, 5.41) is 5.07. The first-order valence-electron chi connectivity index (χ1n) is 5.22. The molecule has 0 saturated heterocycles. The summed E-state index contributed by atoms with van der Waals surface area (Å²) in [6, 6.07) is 4.70. The van der Waals surface area contributed by atoms with Crippen LogP contribution in [0.3, 0.4) is 0 Å². The molecule has 7 heteroatoms. The van der Waals surface area contributed by atoms with Crippen molar-refractivity contribution in [3.8, 4) is 0 Å². The summed E-state index contributed by atoms with van der Waals surface area (Å²) in [6.07, 6.45) is 0.236. The number of imide groups is 1. The number of hydrogen-bond donors (Lipinski definition) is 3. The molecule has 0 radical (unpaired) electrons. The lowest BCUT2D eigenvalue weighted by molar-refractivity contribution is -0.119. The molecule has 1 rings (SSSR count). The number of nitrogens with two attached hydrogens (primary N) is 1. The van der Waals surface area contributed by atoms with Crippen LogP contribution in [0.1, 0.15) is 6.42 Å². The fourth-order valence-corrected chi connectivity index (χ4v) is 2.23. The molecule has 0 aliphatic heterocycles. The van der Waals surface area contributed by atoms with E-state index in [1.807, 2.05) is 0 Å². The van der Waals surface area contributed by atoms with Crippen LogP contribution in [0, 0.1) is 0 Å². The molecule has 1 aromatic rings. The van der Waals surface area contributed by atoms with E-state index in [0.717, 1.165) is 4.90 Å². The number of carbonyl (C=O) groups is 2. The van der Waals surface area contributed by atoms with E-state index in [4.69, 9.17) is 17.3 Å². The molecule has 0 aliphatic carbocycles. The zero-order valence-electron chi connectivity index (χ0n) is 9.83. The Bertz CT molecular complexity index is 454. The summed E-state index contributed by atoms with van der Waals surface area (Å²) >= 11 is 7.22. The first-order valence-corrected chi connectivity index (χ1v) is 6.58. The van der Waals surface area contributed by atoms with E-state index in [2.05, 4.69) is 10.6 Å². The normalized spacial score (nSPS) is 9.89. The van der Waals surface area contributed by atoms with Gasteiger partial charge in [-0.25, -0.2) is 4.79 Å². The van der Waals surface area contributed by atoms with Gasteiger partial charge in [0.25, 0.3) is 0 Å². The van der Waals surface area contributed by atoms with E-state index in [9.17, 15) is 9.59 Å². The van der Waals surface area contributed by atoms with Crippen molar-refractivity contribution in [1.29, 1.82) is 0 Å². The Morgan fingerprint density at radius 3 is 2.78 bits per heavy atom. The summed E-state index contributed by atoms with van der Waals surface area (Å²) < 4.78 is 0. The molecule has 18 heavy (non-hydrogen) atoms. The van der Waals surface area contributed by atoms with E-state index in [1.165, 1.54) is 18.8 Å². The maximum atomic E-state index is 11.3. The fraction of sp³-hybridized carbons (Fsp3) is 0.273. The minimum atomic E-state index is -0.504. The van der Waals surface area contributed by atoms with Gasteiger partial charge in [0.2, 0.25) is 5.91 Å². The van der Waals surface area contributed by atoms with Crippen LogP contribution in [0.2, 0.25) is 5.02 Å². The van der Waals surface area contributed by atoms with Crippen molar-refractivity contribution in [2.75, 3.05) is 18.5 Å². The van der Waals surface area contributed by atoms with E-state index in [1.54, 1.807) is 18.2 Å². The predicted molar refractivity (Wildman–Crippen MR) is 73.8 cm³/mol. The molecule has 0 atom stereocenters. The Labute approximate surface area is 114 Å². The highest BCUT2D eigenvalue weighted by Gasteiger charge is 2.07. The van der Waals surface area contributed by atoms with Crippen molar-refractivity contribution in [3.05, 3.63) is 23.2 Å². The largest absolute Gasteiger partial charge is 0.398 e. The molecule has 4 N–H and O–H groups in total. The highest BCUT2D eigenvalue weighted by atomic mass is 35.5. The lowest BCUT2D eigenvalue weighted by Crippen LogP contribution is -2.37. The van der Waals surface area contributed by atoms with Crippen LogP contribution in [-0.4, -0.2) is 24.7 Å². The minimum Gasteiger partial charge on any atom is -0.398 e. The summed E-state index contributed by atoms with van der Waals surface area (Å²) in [6.45, 7) is 0. The second kappa shape index (κ2) is 7.13. The zero-order chi connectivity index (χ0) is 13.5. The number of urea groups is 1. The molecule has 3 amide bonds. The number of hydrogen-bond acceptors (Lipinski definition) is 4. The van der Waals surface area contributed by atoms with Gasteiger partial charge in [-0.3, -0.25) is 10.1 Å². The molecule has 0 aromatic heterocycles. The smallest absolute Gasteiger partial charge is 0.321 e. The van der Waals surface area contributed by atoms with Crippen molar-refractivity contribution < 1.29 is 9.59 Å². The summed E-state index contributed by atoms with van der Waals surface area (Å²) in [4.78, 5) is 23.0. The second-order valence-electron chi connectivity index (χ2n) is 3.41. The van der Waals surface area contributed by atoms with Crippen LogP contribution < -0.4 is 16.4 Å². The van der Waals surface area contributed by atoms with E-state index in [0.29, 0.717) is 16.5 Å². The van der Waals surface area contributed by atoms with Gasteiger partial charge in [0.1, 0.15) is 0 Å². The lowest BCUT2D eigenvalue weighted by atomic mass is 10.3. The van der Waals surface area contributed by atoms with Crippen LogP contribution in [0.5, 0.6) is 0 Å². The highest BCUT2D eigenvalue weighted by Crippen LogP contribution is 2.27. The number of nitrogens with one attached hydrogen (secondary N) is 2. The third-order valence-electron chi connectivity index (χ3n) is 2.04. The third kappa shape index (κ3) is 4.85. The maximum absolute atomic E-state index is 11.3. The molecule has 0 unspecified atom stereocenters. The first kappa shape index (κ1) is 14.7. The second-order valence-corrected chi connectivity index (χ2v) is 4.98. The van der Waals surface area contributed by atoms with Gasteiger partial charge < -0.3 is 11.1 Å². The maximum Gasteiger partial charge on any atom is 0.321 e. The number of carbonyl (C=O) groups excluding carboxylic acids is 2. The molecular weight excluding hydrogens is 274 g/mol. The molecule has 0 saturated carbocycles. The Balaban J connectivity index is 2.37. The Hall–Kier alpha value is -1.40. The molecule has 98 valence electrons. The summed E-state index contributed by atoms with van der Waals surface area (Å²) in [7, 11) is 1.45. The number of benzene rings is 1. The average molecular weight is 288 g/mol. The van der Waals surface area contributed by atoms with Gasteiger partial charge in [-0.2, -0.15) is 0 Å². The molecule has 0 aliphatic rings. The topological polar surface area (TPSA) is 84.2 Å². The van der Waals surface area contributed by atoms with Crippen molar-refractivity contribution in [2.45, 2.75) is 11.3 Å². The molecular formula is C11H14ClN3O2S. The van der Waals surface area contributed by atoms with Gasteiger partial charge in [0.05, 0.1) is 0 Å². The molecule has 0 heterocycles. The van der Waals surface area contributed by atoms with Gasteiger partial charge in [-0.1, -0.05) is 11.6 Å². The molecule has 1 aromatic carbocycles. The number of amides is 3. The standard InChI is InChI=1S/C11H14ClN3O2S/c1-14-11(17)15-10(16)4-5-18-9-3-2-7(12)6-8(9)13/h2-3,6H,4-5,13H2,1H3,(H2,14,15,16,17). The molecule has 0 fully saturated rings. The van der Waals surface area contributed by atoms with Gasteiger partial charge in [0.15, 0.2) is 0 Å². The molecule has 0 bridgehead atoms. The predicted octanol–water partition coefficient (Wildman–Crippen LogP) is 1.86. The average Bonchev–Trinajstić information content (AvgIpc) is 2.31. The fourth-order valence-electron chi connectivity index (χ4n) is 1.16. The van der Waals surface area contributed by atoms with Crippen molar-refractivity contribution >= 4 is 41.0 Å². The Kier molecular flexibility index (Phi) is 5.80. The zero-order valence-corrected chi connectivity index (χ0v) is 11.4. The van der Waals surface area contributed by atoms with Gasteiger partial charge in [-0.15, -0.1) is 11.8 Å². The molecule has 5 nitrogen and oxygen atoms in total. The van der Waals surface area contributed by atoms with Crippen molar-refractivity contribution in [2.24, 2.45) is 0 Å². The van der Waals surface area contributed by atoms with Crippen LogP contribution in [0.4, 0.5) is 10.5 Å². The SMILES string of the molecule is CNC(=O)NC(=O)CCSc1ccc(Cl)cc1N. The highest BCUT2D eigenvalue weighted by molar-refractivity contribution is 7.99.